The molecule has 0 unspecified atom stereocenters. The highest BCUT2D eigenvalue weighted by Crippen LogP contribution is 2.25. The number of fused-ring (bicyclic) bond motifs is 1. The largest absolute Gasteiger partial charge is 0.493 e. The summed E-state index contributed by atoms with van der Waals surface area (Å²) in [6, 6.07) is 22.1. The summed E-state index contributed by atoms with van der Waals surface area (Å²) in [5.41, 5.74) is 1.37. The Balaban J connectivity index is 1.46. The third kappa shape index (κ3) is 4.93. The second-order valence-corrected chi connectivity index (χ2v) is 7.46. The standard InChI is InChI=1S/C25H23ClN2O4/c1-30-22-8-4-5-9-23(22)32-17-16-31-15-14-28-24(18-10-12-19(26)13-11-18)27-21-7-3-2-6-20(21)25(28)29/h2-13H,14-17H2,1H3. The fraction of sp³-hybridized carbons (Fsp3) is 0.200. The van der Waals surface area contributed by atoms with Crippen molar-refractivity contribution in [3.63, 3.8) is 0 Å². The van der Waals surface area contributed by atoms with E-state index in [1.165, 1.54) is 0 Å². The summed E-state index contributed by atoms with van der Waals surface area (Å²) < 4.78 is 18.4. The van der Waals surface area contributed by atoms with Gasteiger partial charge in [-0.3, -0.25) is 9.36 Å². The molecule has 0 bridgehead atoms. The second-order valence-electron chi connectivity index (χ2n) is 7.03. The molecule has 7 heteroatoms. The van der Waals surface area contributed by atoms with Gasteiger partial charge in [-0.25, -0.2) is 4.98 Å². The van der Waals surface area contributed by atoms with Crippen LogP contribution in [0.4, 0.5) is 0 Å². The minimum absolute atomic E-state index is 0.102. The summed E-state index contributed by atoms with van der Waals surface area (Å²) in [6.07, 6.45) is 0. The Morgan fingerprint density at radius 3 is 2.38 bits per heavy atom. The number of nitrogens with zero attached hydrogens (tertiary/aromatic N) is 2. The van der Waals surface area contributed by atoms with Crippen LogP contribution in [0.2, 0.25) is 5.02 Å². The van der Waals surface area contributed by atoms with Crippen molar-refractivity contribution >= 4 is 22.5 Å². The SMILES string of the molecule is COc1ccccc1OCCOCCn1c(-c2ccc(Cl)cc2)nc2ccccc2c1=O. The number of hydrogen-bond acceptors (Lipinski definition) is 5. The van der Waals surface area contributed by atoms with Crippen LogP contribution in [0.25, 0.3) is 22.3 Å². The molecular weight excluding hydrogens is 428 g/mol. The molecule has 0 saturated heterocycles. The molecule has 0 fully saturated rings. The van der Waals surface area contributed by atoms with E-state index in [9.17, 15) is 4.79 Å². The Morgan fingerprint density at radius 2 is 1.59 bits per heavy atom. The van der Waals surface area contributed by atoms with Gasteiger partial charge in [-0.2, -0.15) is 0 Å². The summed E-state index contributed by atoms with van der Waals surface area (Å²) in [6.45, 7) is 1.46. The Kier molecular flexibility index (Phi) is 7.04. The Morgan fingerprint density at radius 1 is 0.875 bits per heavy atom. The Bertz CT molecular complexity index is 1260. The smallest absolute Gasteiger partial charge is 0.261 e. The topological polar surface area (TPSA) is 62.6 Å². The van der Waals surface area contributed by atoms with E-state index in [-0.39, 0.29) is 5.56 Å². The van der Waals surface area contributed by atoms with Crippen LogP contribution in [0.1, 0.15) is 0 Å². The summed E-state index contributed by atoms with van der Waals surface area (Å²) >= 11 is 6.03. The summed E-state index contributed by atoms with van der Waals surface area (Å²) in [5.74, 6) is 1.92. The average molecular weight is 451 g/mol. The molecule has 3 aromatic carbocycles. The van der Waals surface area contributed by atoms with E-state index in [2.05, 4.69) is 0 Å². The molecule has 1 aromatic heterocycles. The lowest BCUT2D eigenvalue weighted by molar-refractivity contribution is 0.0931. The van der Waals surface area contributed by atoms with E-state index >= 15 is 0 Å². The van der Waals surface area contributed by atoms with Crippen molar-refractivity contribution in [1.29, 1.82) is 0 Å². The van der Waals surface area contributed by atoms with Crippen molar-refractivity contribution in [3.8, 4) is 22.9 Å². The lowest BCUT2D eigenvalue weighted by Gasteiger charge is -2.14. The highest BCUT2D eigenvalue weighted by Gasteiger charge is 2.13. The van der Waals surface area contributed by atoms with E-state index in [0.717, 1.165) is 5.56 Å². The zero-order valence-electron chi connectivity index (χ0n) is 17.7. The van der Waals surface area contributed by atoms with Gasteiger partial charge in [-0.15, -0.1) is 0 Å². The van der Waals surface area contributed by atoms with E-state index in [4.69, 9.17) is 30.8 Å². The van der Waals surface area contributed by atoms with Crippen molar-refractivity contribution in [1.82, 2.24) is 9.55 Å². The zero-order chi connectivity index (χ0) is 22.3. The van der Waals surface area contributed by atoms with Crippen LogP contribution < -0.4 is 15.0 Å². The quantitative estimate of drug-likeness (QED) is 0.342. The predicted molar refractivity (Wildman–Crippen MR) is 126 cm³/mol. The van der Waals surface area contributed by atoms with Gasteiger partial charge >= 0.3 is 0 Å². The first-order valence-electron chi connectivity index (χ1n) is 10.3. The number of hydrogen-bond donors (Lipinski definition) is 0. The van der Waals surface area contributed by atoms with Crippen LogP contribution in [0.5, 0.6) is 11.5 Å². The van der Waals surface area contributed by atoms with Gasteiger partial charge in [-0.05, 0) is 48.5 Å². The van der Waals surface area contributed by atoms with E-state index in [0.29, 0.717) is 59.6 Å². The molecule has 0 aliphatic heterocycles. The maximum atomic E-state index is 13.2. The maximum Gasteiger partial charge on any atom is 0.261 e. The molecule has 0 aliphatic rings. The maximum absolute atomic E-state index is 13.2. The number of benzene rings is 3. The minimum Gasteiger partial charge on any atom is -0.493 e. The lowest BCUT2D eigenvalue weighted by Crippen LogP contribution is -2.26. The van der Waals surface area contributed by atoms with Crippen LogP contribution in [0.15, 0.2) is 77.6 Å². The van der Waals surface area contributed by atoms with E-state index in [1.54, 1.807) is 29.9 Å². The Hall–Kier alpha value is -3.35. The first kappa shape index (κ1) is 21.9. The van der Waals surface area contributed by atoms with Crippen molar-refractivity contribution in [2.45, 2.75) is 6.54 Å². The van der Waals surface area contributed by atoms with Gasteiger partial charge in [-0.1, -0.05) is 35.9 Å². The van der Waals surface area contributed by atoms with Gasteiger partial charge < -0.3 is 14.2 Å². The molecule has 6 nitrogen and oxygen atoms in total. The van der Waals surface area contributed by atoms with Gasteiger partial charge in [0.05, 0.1) is 37.8 Å². The fourth-order valence-corrected chi connectivity index (χ4v) is 3.53. The number of rotatable bonds is 9. The Labute approximate surface area is 191 Å². The second kappa shape index (κ2) is 10.3. The molecule has 0 radical (unpaired) electrons. The number of para-hydroxylation sites is 3. The number of aromatic nitrogens is 2. The first-order valence-corrected chi connectivity index (χ1v) is 10.6. The predicted octanol–water partition coefficient (Wildman–Crippen LogP) is 4.82. The molecule has 0 atom stereocenters. The monoisotopic (exact) mass is 450 g/mol. The first-order chi connectivity index (χ1) is 15.7. The summed E-state index contributed by atoms with van der Waals surface area (Å²) in [5, 5.41) is 1.20. The van der Waals surface area contributed by atoms with Crippen LogP contribution in [-0.2, 0) is 11.3 Å². The zero-order valence-corrected chi connectivity index (χ0v) is 18.4. The molecule has 0 amide bonds. The molecular formula is C25H23ClN2O4. The van der Waals surface area contributed by atoms with Crippen LogP contribution in [0, 0.1) is 0 Å². The minimum atomic E-state index is -0.102. The van der Waals surface area contributed by atoms with E-state index < -0.39 is 0 Å². The van der Waals surface area contributed by atoms with Gasteiger partial charge in [0.25, 0.3) is 5.56 Å². The summed E-state index contributed by atoms with van der Waals surface area (Å²) in [4.78, 5) is 17.9. The molecule has 32 heavy (non-hydrogen) atoms. The fourth-order valence-electron chi connectivity index (χ4n) is 3.40. The molecule has 1 heterocycles. The van der Waals surface area contributed by atoms with Crippen molar-refractivity contribution < 1.29 is 14.2 Å². The third-order valence-corrected chi connectivity index (χ3v) is 5.23. The number of halogens is 1. The van der Waals surface area contributed by atoms with Crippen LogP contribution in [-0.4, -0.2) is 36.5 Å². The third-order valence-electron chi connectivity index (χ3n) is 4.98. The van der Waals surface area contributed by atoms with Gasteiger partial charge in [0.1, 0.15) is 12.4 Å². The van der Waals surface area contributed by atoms with Gasteiger partial charge in [0.15, 0.2) is 11.5 Å². The lowest BCUT2D eigenvalue weighted by atomic mass is 10.2. The van der Waals surface area contributed by atoms with E-state index in [1.807, 2.05) is 54.6 Å². The van der Waals surface area contributed by atoms with Gasteiger partial charge in [0, 0.05) is 10.6 Å². The molecule has 0 spiro atoms. The summed E-state index contributed by atoms with van der Waals surface area (Å²) in [7, 11) is 1.60. The average Bonchev–Trinajstić information content (AvgIpc) is 2.83. The molecule has 4 rings (SSSR count). The molecule has 4 aromatic rings. The van der Waals surface area contributed by atoms with Crippen molar-refractivity contribution in [2.24, 2.45) is 0 Å². The highest BCUT2D eigenvalue weighted by atomic mass is 35.5. The number of ether oxygens (including phenoxy) is 3. The highest BCUT2D eigenvalue weighted by molar-refractivity contribution is 6.30. The molecule has 0 saturated carbocycles. The van der Waals surface area contributed by atoms with Crippen molar-refractivity contribution in [2.75, 3.05) is 26.9 Å². The van der Waals surface area contributed by atoms with Crippen LogP contribution in [0.3, 0.4) is 0 Å². The molecule has 0 N–H and O–H groups in total. The number of methoxy groups -OCH3 is 1. The molecule has 0 aliphatic carbocycles. The molecule has 164 valence electrons. The van der Waals surface area contributed by atoms with Crippen molar-refractivity contribution in [3.05, 3.63) is 88.2 Å². The van der Waals surface area contributed by atoms with Crippen LogP contribution >= 0.6 is 11.6 Å². The normalized spacial score (nSPS) is 10.9. The van der Waals surface area contributed by atoms with Gasteiger partial charge in [0.2, 0.25) is 0 Å².